The van der Waals surface area contributed by atoms with Crippen molar-refractivity contribution in [3.05, 3.63) is 23.9 Å². The van der Waals surface area contributed by atoms with Crippen LogP contribution in [0.1, 0.15) is 25.3 Å². The summed E-state index contributed by atoms with van der Waals surface area (Å²) in [5, 5.41) is 6.10. The largest absolute Gasteiger partial charge is 0.370 e. The molecule has 0 aliphatic carbocycles. The summed E-state index contributed by atoms with van der Waals surface area (Å²) in [6.45, 7) is 5.19. The van der Waals surface area contributed by atoms with E-state index in [9.17, 15) is 4.79 Å². The van der Waals surface area contributed by atoms with Crippen molar-refractivity contribution in [1.82, 2.24) is 15.2 Å². The number of aromatic nitrogens is 1. The fourth-order valence-corrected chi connectivity index (χ4v) is 2.07. The molecule has 0 spiro atoms. The van der Waals surface area contributed by atoms with Gasteiger partial charge in [0.25, 0.3) is 0 Å². The minimum atomic E-state index is 0.0364. The van der Waals surface area contributed by atoms with Gasteiger partial charge in [-0.15, -0.1) is 0 Å². The highest BCUT2D eigenvalue weighted by molar-refractivity contribution is 5.74. The fourth-order valence-electron chi connectivity index (χ4n) is 2.07. The third-order valence-electron chi connectivity index (χ3n) is 3.02. The van der Waals surface area contributed by atoms with Gasteiger partial charge in [-0.1, -0.05) is 0 Å². The maximum Gasteiger partial charge on any atom is 0.317 e. The molecule has 1 aliphatic rings. The molecular weight excluding hydrogens is 228 g/mol. The van der Waals surface area contributed by atoms with Crippen molar-refractivity contribution in [3.8, 4) is 0 Å². The Morgan fingerprint density at radius 1 is 1.44 bits per heavy atom. The van der Waals surface area contributed by atoms with Gasteiger partial charge in [-0.05, 0) is 37.5 Å². The third-order valence-corrected chi connectivity index (χ3v) is 3.02. The first-order valence-electron chi connectivity index (χ1n) is 6.51. The van der Waals surface area contributed by atoms with Crippen LogP contribution in [0, 0.1) is 0 Å². The van der Waals surface area contributed by atoms with Gasteiger partial charge < -0.3 is 15.5 Å². The number of urea groups is 1. The molecule has 0 atom stereocenters. The summed E-state index contributed by atoms with van der Waals surface area (Å²) in [7, 11) is 0. The van der Waals surface area contributed by atoms with Crippen molar-refractivity contribution in [2.45, 2.75) is 26.3 Å². The summed E-state index contributed by atoms with van der Waals surface area (Å²) in [5.41, 5.74) is 1.06. The number of likely N-dealkylation sites (tertiary alicyclic amines) is 1. The van der Waals surface area contributed by atoms with Gasteiger partial charge in [0.15, 0.2) is 0 Å². The van der Waals surface area contributed by atoms with Crippen molar-refractivity contribution < 1.29 is 4.79 Å². The standard InChI is InChI=1S/C13H20N4O/c1-2-14-12-9-11(5-6-15-12)10-16-13(18)17-7-3-4-8-17/h5-6,9H,2-4,7-8,10H2,1H3,(H,14,15)(H,16,18). The molecule has 0 bridgehead atoms. The van der Waals surface area contributed by atoms with Crippen LogP contribution in [0.2, 0.25) is 0 Å². The van der Waals surface area contributed by atoms with Gasteiger partial charge in [0, 0.05) is 32.4 Å². The second-order valence-corrected chi connectivity index (χ2v) is 4.43. The van der Waals surface area contributed by atoms with Crippen molar-refractivity contribution >= 4 is 11.8 Å². The Bertz CT molecular complexity index is 402. The predicted molar refractivity (Wildman–Crippen MR) is 71.4 cm³/mol. The van der Waals surface area contributed by atoms with E-state index in [-0.39, 0.29) is 6.03 Å². The molecular formula is C13H20N4O. The Hall–Kier alpha value is -1.78. The van der Waals surface area contributed by atoms with E-state index in [0.29, 0.717) is 6.54 Å². The lowest BCUT2D eigenvalue weighted by atomic mass is 10.2. The molecule has 1 saturated heterocycles. The number of anilines is 1. The number of nitrogens with one attached hydrogen (secondary N) is 2. The second-order valence-electron chi connectivity index (χ2n) is 4.43. The molecule has 0 radical (unpaired) electrons. The molecule has 0 unspecified atom stereocenters. The first kappa shape index (κ1) is 12.7. The molecule has 2 rings (SSSR count). The molecule has 5 heteroatoms. The van der Waals surface area contributed by atoms with E-state index in [1.807, 2.05) is 24.0 Å². The van der Waals surface area contributed by atoms with Crippen LogP contribution in [0.4, 0.5) is 10.6 Å². The van der Waals surface area contributed by atoms with Crippen LogP contribution in [-0.4, -0.2) is 35.5 Å². The maximum atomic E-state index is 11.8. The Labute approximate surface area is 108 Å². The van der Waals surface area contributed by atoms with Gasteiger partial charge in [0.05, 0.1) is 0 Å². The van der Waals surface area contributed by atoms with Gasteiger partial charge >= 0.3 is 6.03 Å². The van der Waals surface area contributed by atoms with Gasteiger partial charge in [-0.3, -0.25) is 0 Å². The summed E-state index contributed by atoms with van der Waals surface area (Å²) in [6.07, 6.45) is 4.00. The molecule has 98 valence electrons. The van der Waals surface area contributed by atoms with E-state index in [4.69, 9.17) is 0 Å². The van der Waals surface area contributed by atoms with E-state index in [2.05, 4.69) is 15.6 Å². The van der Waals surface area contributed by atoms with Crippen molar-refractivity contribution in [1.29, 1.82) is 0 Å². The number of amides is 2. The molecule has 2 heterocycles. The Morgan fingerprint density at radius 2 is 2.22 bits per heavy atom. The van der Waals surface area contributed by atoms with Crippen molar-refractivity contribution in [3.63, 3.8) is 0 Å². The highest BCUT2D eigenvalue weighted by Gasteiger charge is 2.16. The smallest absolute Gasteiger partial charge is 0.317 e. The fraction of sp³-hybridized carbons (Fsp3) is 0.538. The van der Waals surface area contributed by atoms with Gasteiger partial charge in [-0.25, -0.2) is 9.78 Å². The van der Waals surface area contributed by atoms with E-state index in [1.165, 1.54) is 0 Å². The number of nitrogens with zero attached hydrogens (tertiary/aromatic N) is 2. The summed E-state index contributed by atoms with van der Waals surface area (Å²) in [4.78, 5) is 17.9. The normalized spacial score (nSPS) is 14.6. The summed E-state index contributed by atoms with van der Waals surface area (Å²) >= 11 is 0. The van der Waals surface area contributed by atoms with Crippen LogP contribution in [-0.2, 0) is 6.54 Å². The van der Waals surface area contributed by atoms with Crippen LogP contribution in [0.3, 0.4) is 0 Å². The Kier molecular flexibility index (Phi) is 4.39. The quantitative estimate of drug-likeness (QED) is 0.854. The maximum absolute atomic E-state index is 11.8. The lowest BCUT2D eigenvalue weighted by Gasteiger charge is -2.16. The topological polar surface area (TPSA) is 57.3 Å². The van der Waals surface area contributed by atoms with E-state index in [1.54, 1.807) is 6.20 Å². The zero-order valence-electron chi connectivity index (χ0n) is 10.8. The number of hydrogen-bond acceptors (Lipinski definition) is 3. The Balaban J connectivity index is 1.85. The van der Waals surface area contributed by atoms with Crippen LogP contribution in [0.25, 0.3) is 0 Å². The molecule has 2 amide bonds. The Morgan fingerprint density at radius 3 is 2.94 bits per heavy atom. The first-order valence-corrected chi connectivity index (χ1v) is 6.51. The second kappa shape index (κ2) is 6.23. The first-order chi connectivity index (χ1) is 8.79. The molecule has 1 aromatic heterocycles. The molecule has 0 aromatic carbocycles. The van der Waals surface area contributed by atoms with Crippen LogP contribution >= 0.6 is 0 Å². The minimum absolute atomic E-state index is 0.0364. The summed E-state index contributed by atoms with van der Waals surface area (Å²) in [6, 6.07) is 3.92. The lowest BCUT2D eigenvalue weighted by Crippen LogP contribution is -2.37. The van der Waals surface area contributed by atoms with Crippen LogP contribution < -0.4 is 10.6 Å². The minimum Gasteiger partial charge on any atom is -0.370 e. The molecule has 1 aliphatic heterocycles. The summed E-state index contributed by atoms with van der Waals surface area (Å²) < 4.78 is 0. The van der Waals surface area contributed by atoms with Gasteiger partial charge in [0.1, 0.15) is 5.82 Å². The van der Waals surface area contributed by atoms with E-state index < -0.39 is 0 Å². The van der Waals surface area contributed by atoms with E-state index >= 15 is 0 Å². The number of carbonyl (C=O) groups is 1. The number of carbonyl (C=O) groups excluding carboxylic acids is 1. The average molecular weight is 248 g/mol. The highest BCUT2D eigenvalue weighted by atomic mass is 16.2. The number of hydrogen-bond donors (Lipinski definition) is 2. The third kappa shape index (κ3) is 3.35. The van der Waals surface area contributed by atoms with Crippen molar-refractivity contribution in [2.75, 3.05) is 25.0 Å². The SMILES string of the molecule is CCNc1cc(CNC(=O)N2CCCC2)ccn1. The highest BCUT2D eigenvalue weighted by Crippen LogP contribution is 2.09. The van der Waals surface area contributed by atoms with Crippen LogP contribution in [0.15, 0.2) is 18.3 Å². The zero-order valence-corrected chi connectivity index (χ0v) is 10.8. The lowest BCUT2D eigenvalue weighted by molar-refractivity contribution is 0.208. The number of rotatable bonds is 4. The molecule has 5 nitrogen and oxygen atoms in total. The number of pyridine rings is 1. The zero-order chi connectivity index (χ0) is 12.8. The average Bonchev–Trinajstić information content (AvgIpc) is 2.91. The van der Waals surface area contributed by atoms with Gasteiger partial charge in [0.2, 0.25) is 0 Å². The van der Waals surface area contributed by atoms with Crippen molar-refractivity contribution in [2.24, 2.45) is 0 Å². The molecule has 1 fully saturated rings. The predicted octanol–water partition coefficient (Wildman–Crippen LogP) is 1.82. The molecule has 0 saturated carbocycles. The van der Waals surface area contributed by atoms with E-state index in [0.717, 1.165) is 43.9 Å². The summed E-state index contributed by atoms with van der Waals surface area (Å²) in [5.74, 6) is 0.852. The van der Waals surface area contributed by atoms with Gasteiger partial charge in [-0.2, -0.15) is 0 Å². The molecule has 2 N–H and O–H groups in total. The molecule has 18 heavy (non-hydrogen) atoms. The van der Waals surface area contributed by atoms with Crippen LogP contribution in [0.5, 0.6) is 0 Å². The molecule has 1 aromatic rings. The monoisotopic (exact) mass is 248 g/mol.